The Bertz CT molecular complexity index is 262. The van der Waals surface area contributed by atoms with E-state index in [4.69, 9.17) is 11.6 Å². The average Bonchev–Trinajstić information content (AvgIpc) is 2.04. The molecule has 1 rings (SSSR count). The Balaban J connectivity index is 2.81. The largest absolute Gasteiger partial charge is 0.334 e. The molecule has 4 amide bonds. The molecular formula is C7H9ClN2O3. The molecule has 1 heterocycles. The standard InChI is InChI=1S/C7H9ClN2O3/c1-2-9-5(11)3-4-10(6(8)12)7(9)13/h2-4H2,1H3. The van der Waals surface area contributed by atoms with Gasteiger partial charge in [-0.05, 0) is 18.5 Å². The summed E-state index contributed by atoms with van der Waals surface area (Å²) in [6.07, 6.45) is 0.151. The van der Waals surface area contributed by atoms with Crippen LogP contribution in [0.25, 0.3) is 0 Å². The Morgan fingerprint density at radius 3 is 2.62 bits per heavy atom. The summed E-state index contributed by atoms with van der Waals surface area (Å²) >= 11 is 5.15. The molecular weight excluding hydrogens is 196 g/mol. The van der Waals surface area contributed by atoms with Crippen LogP contribution >= 0.6 is 11.6 Å². The molecule has 0 N–H and O–H groups in total. The molecule has 6 heteroatoms. The first-order valence-electron chi connectivity index (χ1n) is 3.89. The van der Waals surface area contributed by atoms with Crippen LogP contribution in [0.4, 0.5) is 9.59 Å². The van der Waals surface area contributed by atoms with Gasteiger partial charge in [-0.1, -0.05) is 0 Å². The molecule has 1 saturated heterocycles. The summed E-state index contributed by atoms with van der Waals surface area (Å²) in [5.74, 6) is -0.262. The number of imide groups is 2. The fourth-order valence-electron chi connectivity index (χ4n) is 1.17. The molecule has 0 aromatic heterocycles. The van der Waals surface area contributed by atoms with Crippen molar-refractivity contribution in [2.24, 2.45) is 0 Å². The third kappa shape index (κ3) is 1.80. The third-order valence-corrected chi connectivity index (χ3v) is 2.04. The minimum absolute atomic E-state index is 0.0799. The molecule has 1 aliphatic heterocycles. The van der Waals surface area contributed by atoms with Crippen molar-refractivity contribution >= 4 is 28.9 Å². The van der Waals surface area contributed by atoms with Crippen LogP contribution in [0.3, 0.4) is 0 Å². The van der Waals surface area contributed by atoms with E-state index in [1.807, 2.05) is 0 Å². The summed E-state index contributed by atoms with van der Waals surface area (Å²) in [5, 5.41) is -0.837. The Morgan fingerprint density at radius 2 is 2.15 bits per heavy atom. The zero-order chi connectivity index (χ0) is 10.0. The van der Waals surface area contributed by atoms with Gasteiger partial charge in [0, 0.05) is 19.5 Å². The molecule has 5 nitrogen and oxygen atoms in total. The second kappa shape index (κ2) is 3.74. The molecule has 0 unspecified atom stereocenters. The number of carbonyl (C=O) groups is 3. The average molecular weight is 205 g/mol. The summed E-state index contributed by atoms with van der Waals surface area (Å²) in [5.41, 5.74) is 0. The Morgan fingerprint density at radius 1 is 1.54 bits per heavy atom. The lowest BCUT2D eigenvalue weighted by atomic mass is 10.3. The van der Waals surface area contributed by atoms with Crippen molar-refractivity contribution in [3.05, 3.63) is 0 Å². The minimum Gasteiger partial charge on any atom is -0.274 e. The lowest BCUT2D eigenvalue weighted by Crippen LogP contribution is -2.52. The van der Waals surface area contributed by atoms with Gasteiger partial charge in [-0.2, -0.15) is 0 Å². The van der Waals surface area contributed by atoms with Gasteiger partial charge < -0.3 is 0 Å². The monoisotopic (exact) mass is 204 g/mol. The molecule has 0 saturated carbocycles. The molecule has 1 aliphatic rings. The highest BCUT2D eigenvalue weighted by Crippen LogP contribution is 2.12. The number of hydrogen-bond acceptors (Lipinski definition) is 3. The van der Waals surface area contributed by atoms with Gasteiger partial charge in [-0.3, -0.25) is 14.5 Å². The summed E-state index contributed by atoms with van der Waals surface area (Å²) in [7, 11) is 0. The van der Waals surface area contributed by atoms with Crippen molar-refractivity contribution in [3.8, 4) is 0 Å². The highest BCUT2D eigenvalue weighted by Gasteiger charge is 2.33. The second-order valence-electron chi connectivity index (χ2n) is 2.58. The zero-order valence-corrected chi connectivity index (χ0v) is 7.87. The predicted octanol–water partition coefficient (Wildman–Crippen LogP) is 1.02. The first-order valence-corrected chi connectivity index (χ1v) is 4.27. The summed E-state index contributed by atoms with van der Waals surface area (Å²) in [6.45, 7) is 2.01. The quantitative estimate of drug-likeness (QED) is 0.473. The van der Waals surface area contributed by atoms with Crippen LogP contribution in [-0.4, -0.2) is 40.2 Å². The summed E-state index contributed by atoms with van der Waals surface area (Å²) < 4.78 is 0. The molecule has 0 aliphatic carbocycles. The van der Waals surface area contributed by atoms with E-state index in [1.54, 1.807) is 6.92 Å². The topological polar surface area (TPSA) is 57.7 Å². The van der Waals surface area contributed by atoms with Crippen molar-refractivity contribution in [3.63, 3.8) is 0 Å². The number of rotatable bonds is 1. The molecule has 0 radical (unpaired) electrons. The zero-order valence-electron chi connectivity index (χ0n) is 7.12. The predicted molar refractivity (Wildman–Crippen MR) is 45.4 cm³/mol. The van der Waals surface area contributed by atoms with Crippen molar-refractivity contribution in [2.75, 3.05) is 13.1 Å². The van der Waals surface area contributed by atoms with E-state index in [1.165, 1.54) is 0 Å². The summed E-state index contributed by atoms with van der Waals surface area (Å²) in [6, 6.07) is -0.626. The fourth-order valence-corrected chi connectivity index (χ4v) is 1.32. The van der Waals surface area contributed by atoms with Gasteiger partial charge in [0.25, 0.3) is 0 Å². The van der Waals surface area contributed by atoms with E-state index in [0.717, 1.165) is 9.80 Å². The highest BCUT2D eigenvalue weighted by atomic mass is 35.5. The van der Waals surface area contributed by atoms with Crippen LogP contribution < -0.4 is 0 Å². The molecule has 0 aromatic rings. The van der Waals surface area contributed by atoms with Crippen molar-refractivity contribution < 1.29 is 14.4 Å². The Hall–Kier alpha value is -1.10. The number of nitrogens with zero attached hydrogens (tertiary/aromatic N) is 2. The number of amides is 4. The van der Waals surface area contributed by atoms with Crippen molar-refractivity contribution in [1.29, 1.82) is 0 Å². The van der Waals surface area contributed by atoms with Crippen LogP contribution in [0.2, 0.25) is 0 Å². The van der Waals surface area contributed by atoms with Gasteiger partial charge in [0.15, 0.2) is 0 Å². The number of carbonyl (C=O) groups excluding carboxylic acids is 3. The number of halogens is 1. The van der Waals surface area contributed by atoms with Crippen LogP contribution in [0.15, 0.2) is 0 Å². The van der Waals surface area contributed by atoms with E-state index in [2.05, 4.69) is 0 Å². The van der Waals surface area contributed by atoms with Gasteiger partial charge in [0.05, 0.1) is 0 Å². The van der Waals surface area contributed by atoms with Crippen molar-refractivity contribution in [1.82, 2.24) is 9.80 Å². The van der Waals surface area contributed by atoms with Crippen LogP contribution in [0, 0.1) is 0 Å². The minimum atomic E-state index is -0.837. The van der Waals surface area contributed by atoms with Gasteiger partial charge in [0.1, 0.15) is 0 Å². The first-order chi connectivity index (χ1) is 6.07. The highest BCUT2D eigenvalue weighted by molar-refractivity contribution is 6.64. The molecule has 0 atom stereocenters. The van der Waals surface area contributed by atoms with E-state index in [0.29, 0.717) is 0 Å². The summed E-state index contributed by atoms with van der Waals surface area (Å²) in [4.78, 5) is 35.0. The third-order valence-electron chi connectivity index (χ3n) is 1.84. The SMILES string of the molecule is CCN1C(=O)CCN(C(=O)Cl)C1=O. The van der Waals surface area contributed by atoms with E-state index in [9.17, 15) is 14.4 Å². The van der Waals surface area contributed by atoms with Gasteiger partial charge in [-0.15, -0.1) is 0 Å². The molecule has 1 fully saturated rings. The Labute approximate surface area is 80.2 Å². The fraction of sp³-hybridized carbons (Fsp3) is 0.571. The van der Waals surface area contributed by atoms with E-state index < -0.39 is 11.4 Å². The molecule has 72 valence electrons. The molecule has 13 heavy (non-hydrogen) atoms. The van der Waals surface area contributed by atoms with E-state index in [-0.39, 0.29) is 25.4 Å². The number of urea groups is 1. The molecule has 0 spiro atoms. The lowest BCUT2D eigenvalue weighted by molar-refractivity contribution is -0.130. The van der Waals surface area contributed by atoms with Gasteiger partial charge >= 0.3 is 11.4 Å². The molecule has 0 bridgehead atoms. The maximum Gasteiger partial charge on any atom is 0.334 e. The lowest BCUT2D eigenvalue weighted by Gasteiger charge is -2.30. The molecule has 0 aromatic carbocycles. The maximum absolute atomic E-state index is 11.3. The second-order valence-corrected chi connectivity index (χ2v) is 2.90. The van der Waals surface area contributed by atoms with Gasteiger partial charge in [-0.25, -0.2) is 9.69 Å². The Kier molecular flexibility index (Phi) is 2.87. The smallest absolute Gasteiger partial charge is 0.274 e. The normalized spacial score (nSPS) is 18.0. The van der Waals surface area contributed by atoms with Crippen molar-refractivity contribution in [2.45, 2.75) is 13.3 Å². The van der Waals surface area contributed by atoms with Crippen LogP contribution in [0.1, 0.15) is 13.3 Å². The maximum atomic E-state index is 11.3. The number of hydrogen-bond donors (Lipinski definition) is 0. The first kappa shape index (κ1) is 9.98. The van der Waals surface area contributed by atoms with Crippen LogP contribution in [-0.2, 0) is 4.79 Å². The van der Waals surface area contributed by atoms with Gasteiger partial charge in [0.2, 0.25) is 5.91 Å². The van der Waals surface area contributed by atoms with E-state index >= 15 is 0 Å². The van der Waals surface area contributed by atoms with Crippen LogP contribution in [0.5, 0.6) is 0 Å².